The summed E-state index contributed by atoms with van der Waals surface area (Å²) in [7, 11) is -0.663. The van der Waals surface area contributed by atoms with Crippen LogP contribution in [0.1, 0.15) is 40.8 Å². The maximum Gasteiger partial charge on any atom is 0.280 e. The Labute approximate surface area is 194 Å². The highest BCUT2D eigenvalue weighted by Crippen LogP contribution is 2.42. The fourth-order valence-corrected chi connectivity index (χ4v) is 4.74. The molecule has 1 aliphatic heterocycles. The van der Waals surface area contributed by atoms with Crippen LogP contribution in [0.3, 0.4) is 0 Å². The van der Waals surface area contributed by atoms with E-state index >= 15 is 0 Å². The van der Waals surface area contributed by atoms with Crippen molar-refractivity contribution in [1.82, 2.24) is 19.5 Å². The van der Waals surface area contributed by atoms with Gasteiger partial charge in [0.2, 0.25) is 11.9 Å². The number of hydrogen-bond donors (Lipinski definition) is 3. The van der Waals surface area contributed by atoms with E-state index in [2.05, 4.69) is 54.1 Å². The van der Waals surface area contributed by atoms with Crippen LogP contribution in [0.25, 0.3) is 11.2 Å². The van der Waals surface area contributed by atoms with Crippen LogP contribution in [0, 0.1) is 5.92 Å². The average molecular weight is 482 g/mol. The molecule has 3 N–H and O–H groups in total. The Hall–Kier alpha value is -2.12. The number of ether oxygens (including phenoxy) is 2. The number of anilines is 1. The molecule has 3 heterocycles. The molecule has 1 saturated heterocycles. The van der Waals surface area contributed by atoms with E-state index in [0.717, 1.165) is 0 Å². The summed E-state index contributed by atoms with van der Waals surface area (Å²) in [5, 5.41) is 12.6. The van der Waals surface area contributed by atoms with Crippen molar-refractivity contribution in [2.24, 2.45) is 5.92 Å². The van der Waals surface area contributed by atoms with Gasteiger partial charge < -0.3 is 19.0 Å². The molecule has 0 saturated carbocycles. The third-order valence-corrected chi connectivity index (χ3v) is 10.9. The van der Waals surface area contributed by atoms with Gasteiger partial charge in [-0.05, 0) is 18.1 Å². The van der Waals surface area contributed by atoms with Gasteiger partial charge in [-0.15, -0.1) is 0 Å². The number of H-pyrrole nitrogens is 1. The van der Waals surface area contributed by atoms with Gasteiger partial charge in [0.25, 0.3) is 5.56 Å². The first-order valence-electron chi connectivity index (χ1n) is 11.1. The van der Waals surface area contributed by atoms with Gasteiger partial charge in [-0.2, -0.15) is 4.98 Å². The van der Waals surface area contributed by atoms with Crippen LogP contribution in [0.2, 0.25) is 18.1 Å². The van der Waals surface area contributed by atoms with Crippen molar-refractivity contribution < 1.29 is 23.8 Å². The number of nitrogens with one attached hydrogen (secondary N) is 2. The van der Waals surface area contributed by atoms with Crippen molar-refractivity contribution in [3.05, 3.63) is 16.7 Å². The van der Waals surface area contributed by atoms with Crippen molar-refractivity contribution in [3.63, 3.8) is 0 Å². The molecule has 4 atom stereocenters. The number of carbonyl (C=O) groups excluding carboxylic acids is 1. The van der Waals surface area contributed by atoms with Crippen molar-refractivity contribution in [2.75, 3.05) is 19.0 Å². The van der Waals surface area contributed by atoms with E-state index in [1.165, 1.54) is 6.33 Å². The van der Waals surface area contributed by atoms with Crippen LogP contribution in [0.5, 0.6) is 0 Å². The summed E-state index contributed by atoms with van der Waals surface area (Å²) in [6, 6.07) is 0. The largest absolute Gasteiger partial charge is 0.408 e. The molecule has 11 nitrogen and oxygen atoms in total. The summed E-state index contributed by atoms with van der Waals surface area (Å²) in [6.45, 7) is 13.9. The number of aromatic nitrogens is 4. The van der Waals surface area contributed by atoms with Crippen LogP contribution in [-0.2, 0) is 18.7 Å². The predicted octanol–water partition coefficient (Wildman–Crippen LogP) is 2.01. The van der Waals surface area contributed by atoms with Crippen LogP contribution in [0.15, 0.2) is 11.1 Å². The zero-order valence-electron chi connectivity index (χ0n) is 20.5. The van der Waals surface area contributed by atoms with Crippen LogP contribution in [0.4, 0.5) is 5.95 Å². The summed E-state index contributed by atoms with van der Waals surface area (Å²) >= 11 is 0. The lowest BCUT2D eigenvalue weighted by Crippen LogP contribution is -2.50. The number of carbonyl (C=O) groups is 1. The smallest absolute Gasteiger partial charge is 0.280 e. The number of aromatic amines is 1. The summed E-state index contributed by atoms with van der Waals surface area (Å²) in [4.78, 5) is 35.8. The Balaban J connectivity index is 2.01. The lowest BCUT2D eigenvalue weighted by atomic mass is 10.1. The molecule has 12 heteroatoms. The molecule has 184 valence electrons. The van der Waals surface area contributed by atoms with E-state index in [1.54, 1.807) is 25.5 Å². The van der Waals surface area contributed by atoms with E-state index in [1.807, 2.05) is 0 Å². The molecule has 0 aliphatic carbocycles. The highest BCUT2D eigenvalue weighted by Gasteiger charge is 2.51. The fraction of sp³-hybridized carbons (Fsp3) is 0.714. The molecule has 1 aliphatic rings. The Bertz CT molecular complexity index is 1060. The maximum atomic E-state index is 12.6. The number of imidazole rings is 1. The first-order valence-corrected chi connectivity index (χ1v) is 14.0. The number of amides is 1. The lowest BCUT2D eigenvalue weighted by molar-refractivity contribution is -0.118. The van der Waals surface area contributed by atoms with Crippen LogP contribution < -0.4 is 10.9 Å². The average Bonchev–Trinajstić information content (AvgIpc) is 3.27. The Morgan fingerprint density at radius 2 is 2.03 bits per heavy atom. The highest BCUT2D eigenvalue weighted by molar-refractivity contribution is 6.74. The second-order valence-corrected chi connectivity index (χ2v) is 14.9. The summed E-state index contributed by atoms with van der Waals surface area (Å²) in [6.07, 6.45) is -1.03. The SMILES string of the molecule is CO[C@@H]1C(O[Si](C)(C)C(C)(C)C)[C@@H](CO)O[C@H]1n1cnc2c(=O)[nH]c(NC(=O)C(C)C)nc21. The van der Waals surface area contributed by atoms with Gasteiger partial charge in [0.1, 0.15) is 18.3 Å². The van der Waals surface area contributed by atoms with E-state index in [-0.39, 0.29) is 40.6 Å². The van der Waals surface area contributed by atoms with E-state index < -0.39 is 38.4 Å². The van der Waals surface area contributed by atoms with Crippen LogP contribution in [-0.4, -0.2) is 70.9 Å². The number of aliphatic hydroxyl groups excluding tert-OH is 1. The zero-order valence-corrected chi connectivity index (χ0v) is 21.5. The minimum absolute atomic E-state index is 0.0210. The summed E-state index contributed by atoms with van der Waals surface area (Å²) < 4.78 is 20.1. The summed E-state index contributed by atoms with van der Waals surface area (Å²) in [5.74, 6) is -0.545. The lowest BCUT2D eigenvalue weighted by Gasteiger charge is -2.40. The number of nitrogens with zero attached hydrogens (tertiary/aromatic N) is 3. The number of fused-ring (bicyclic) bond motifs is 1. The zero-order chi connectivity index (χ0) is 24.7. The van der Waals surface area contributed by atoms with Gasteiger partial charge in [-0.3, -0.25) is 24.5 Å². The van der Waals surface area contributed by atoms with Crippen molar-refractivity contribution in [3.8, 4) is 0 Å². The second-order valence-electron chi connectivity index (χ2n) is 10.2. The Morgan fingerprint density at radius 3 is 2.58 bits per heavy atom. The monoisotopic (exact) mass is 481 g/mol. The fourth-order valence-electron chi connectivity index (χ4n) is 3.42. The molecule has 0 aromatic carbocycles. The van der Waals surface area contributed by atoms with Gasteiger partial charge in [0, 0.05) is 13.0 Å². The third kappa shape index (κ3) is 4.89. The quantitative estimate of drug-likeness (QED) is 0.510. The molecule has 1 fully saturated rings. The van der Waals surface area contributed by atoms with Gasteiger partial charge in [-0.25, -0.2) is 4.98 Å². The standard InChI is InChI=1S/C21H35N5O6Si/c1-11(2)17(28)24-20-23-16-13(18(29)25-20)22-10-26(16)19-15(30-6)14(12(9-27)31-19)32-33(7,8)21(3,4)5/h10-12,14-15,19,27H,9H2,1-8H3,(H2,23,24,25,28,29)/t12-,14?,15-,19-/m1/s1. The predicted molar refractivity (Wildman–Crippen MR) is 125 cm³/mol. The van der Waals surface area contributed by atoms with Crippen molar-refractivity contribution in [2.45, 2.75) is 77.3 Å². The minimum Gasteiger partial charge on any atom is -0.408 e. The molecule has 1 unspecified atom stereocenters. The van der Waals surface area contributed by atoms with Gasteiger partial charge >= 0.3 is 0 Å². The minimum atomic E-state index is -2.22. The van der Waals surface area contributed by atoms with E-state index in [4.69, 9.17) is 13.9 Å². The van der Waals surface area contributed by atoms with Gasteiger partial charge in [0.15, 0.2) is 25.7 Å². The molecule has 2 aromatic heterocycles. The molecule has 0 spiro atoms. The first-order chi connectivity index (χ1) is 15.3. The number of hydrogen-bond acceptors (Lipinski definition) is 8. The first kappa shape index (κ1) is 25.5. The van der Waals surface area contributed by atoms with E-state index in [9.17, 15) is 14.7 Å². The van der Waals surface area contributed by atoms with Crippen molar-refractivity contribution in [1.29, 1.82) is 0 Å². The molecule has 3 rings (SSSR count). The second kappa shape index (κ2) is 9.26. The number of rotatable bonds is 7. The molecule has 33 heavy (non-hydrogen) atoms. The molecule has 1 amide bonds. The molecular formula is C21H35N5O6Si. The third-order valence-electron chi connectivity index (χ3n) is 6.45. The van der Waals surface area contributed by atoms with Crippen molar-refractivity contribution >= 4 is 31.3 Å². The highest BCUT2D eigenvalue weighted by atomic mass is 28.4. The summed E-state index contributed by atoms with van der Waals surface area (Å²) in [5.41, 5.74) is -0.155. The molecule has 2 aromatic rings. The number of methoxy groups -OCH3 is 1. The Morgan fingerprint density at radius 1 is 1.36 bits per heavy atom. The Kier molecular flexibility index (Phi) is 7.15. The topological polar surface area (TPSA) is 141 Å². The molecular weight excluding hydrogens is 446 g/mol. The van der Waals surface area contributed by atoms with E-state index in [0.29, 0.717) is 0 Å². The molecule has 0 bridgehead atoms. The van der Waals surface area contributed by atoms with Gasteiger partial charge in [-0.1, -0.05) is 34.6 Å². The van der Waals surface area contributed by atoms with Crippen LogP contribution >= 0.6 is 0 Å². The number of aliphatic hydroxyl groups is 1. The maximum absolute atomic E-state index is 12.6. The molecule has 0 radical (unpaired) electrons. The normalized spacial score (nSPS) is 24.1. The van der Waals surface area contributed by atoms with Gasteiger partial charge in [0.05, 0.1) is 12.9 Å².